The summed E-state index contributed by atoms with van der Waals surface area (Å²) in [5.74, 6) is 0. The molecule has 0 unspecified atom stereocenters. The molecular formula is C7H11NS. The molecule has 1 nitrogen and oxygen atoms in total. The van der Waals surface area contributed by atoms with Crippen molar-refractivity contribution in [2.24, 2.45) is 0 Å². The maximum Gasteiger partial charge on any atom is 0.0409 e. The summed E-state index contributed by atoms with van der Waals surface area (Å²) < 4.78 is 4.03. The summed E-state index contributed by atoms with van der Waals surface area (Å²) in [5, 5.41) is 0. The summed E-state index contributed by atoms with van der Waals surface area (Å²) in [4.78, 5) is 1.35. The molecular weight excluding hydrogens is 130 g/mol. The van der Waals surface area contributed by atoms with E-state index in [1.54, 1.807) is 11.5 Å². The lowest BCUT2D eigenvalue weighted by Crippen LogP contribution is -2.07. The van der Waals surface area contributed by atoms with Crippen molar-refractivity contribution in [3.63, 3.8) is 0 Å². The van der Waals surface area contributed by atoms with Crippen LogP contribution in [0.3, 0.4) is 0 Å². The third kappa shape index (κ3) is 1.52. The van der Waals surface area contributed by atoms with Gasteiger partial charge >= 0.3 is 0 Å². The monoisotopic (exact) mass is 141 g/mol. The second kappa shape index (κ2) is 2.10. The van der Waals surface area contributed by atoms with E-state index in [0.29, 0.717) is 0 Å². The van der Waals surface area contributed by atoms with Crippen molar-refractivity contribution in [1.82, 2.24) is 4.37 Å². The topological polar surface area (TPSA) is 12.9 Å². The molecule has 1 rings (SSSR count). The van der Waals surface area contributed by atoms with Gasteiger partial charge in [0, 0.05) is 11.1 Å². The Bertz CT molecular complexity index is 171. The molecule has 0 aliphatic heterocycles. The van der Waals surface area contributed by atoms with Crippen LogP contribution in [0.4, 0.5) is 0 Å². The zero-order valence-corrected chi connectivity index (χ0v) is 6.83. The molecule has 0 aliphatic carbocycles. The van der Waals surface area contributed by atoms with Crippen molar-refractivity contribution in [1.29, 1.82) is 0 Å². The van der Waals surface area contributed by atoms with Gasteiger partial charge in [-0.15, -0.1) is 0 Å². The van der Waals surface area contributed by atoms with Crippen LogP contribution in [0.1, 0.15) is 25.6 Å². The first kappa shape index (κ1) is 6.75. The van der Waals surface area contributed by atoms with E-state index in [9.17, 15) is 0 Å². The molecule has 0 radical (unpaired) electrons. The standard InChI is InChI=1S/C7H11NS/c1-7(2,3)6-4-5-8-9-6/h4-5H,1-3H3. The van der Waals surface area contributed by atoms with Gasteiger partial charge in [0.2, 0.25) is 0 Å². The van der Waals surface area contributed by atoms with Crippen molar-refractivity contribution in [2.45, 2.75) is 26.2 Å². The molecule has 0 bridgehead atoms. The van der Waals surface area contributed by atoms with Crippen molar-refractivity contribution >= 4 is 11.5 Å². The highest BCUT2D eigenvalue weighted by Crippen LogP contribution is 2.24. The number of hydrogen-bond acceptors (Lipinski definition) is 2. The van der Waals surface area contributed by atoms with Crippen LogP contribution in [-0.2, 0) is 5.41 Å². The third-order valence-electron chi connectivity index (χ3n) is 1.18. The SMILES string of the molecule is CC(C)(C)c1ccns1. The Morgan fingerprint density at radius 2 is 2.11 bits per heavy atom. The summed E-state index contributed by atoms with van der Waals surface area (Å²) in [6, 6.07) is 2.07. The minimum Gasteiger partial charge on any atom is -0.201 e. The minimum absolute atomic E-state index is 0.279. The van der Waals surface area contributed by atoms with E-state index in [4.69, 9.17) is 0 Å². The van der Waals surface area contributed by atoms with Crippen LogP contribution in [-0.4, -0.2) is 4.37 Å². The van der Waals surface area contributed by atoms with Gasteiger partial charge in [0.05, 0.1) is 0 Å². The number of rotatable bonds is 0. The van der Waals surface area contributed by atoms with Crippen molar-refractivity contribution in [2.75, 3.05) is 0 Å². The maximum absolute atomic E-state index is 4.03. The predicted molar refractivity (Wildman–Crippen MR) is 40.8 cm³/mol. The van der Waals surface area contributed by atoms with Crippen LogP contribution in [0.25, 0.3) is 0 Å². The molecule has 0 spiro atoms. The second-order valence-electron chi connectivity index (χ2n) is 3.13. The first-order chi connectivity index (χ1) is 4.11. The molecule has 1 aromatic heterocycles. The van der Waals surface area contributed by atoms with Crippen LogP contribution in [0.5, 0.6) is 0 Å². The molecule has 0 fully saturated rings. The summed E-state index contributed by atoms with van der Waals surface area (Å²) >= 11 is 1.58. The normalized spacial score (nSPS) is 11.9. The summed E-state index contributed by atoms with van der Waals surface area (Å²) in [6.07, 6.45) is 1.85. The Hall–Kier alpha value is -0.370. The van der Waals surface area contributed by atoms with Crippen molar-refractivity contribution in [3.8, 4) is 0 Å². The van der Waals surface area contributed by atoms with E-state index in [2.05, 4.69) is 31.2 Å². The van der Waals surface area contributed by atoms with Gasteiger partial charge in [-0.3, -0.25) is 0 Å². The van der Waals surface area contributed by atoms with E-state index in [1.165, 1.54) is 4.88 Å². The zero-order chi connectivity index (χ0) is 6.91. The summed E-state index contributed by atoms with van der Waals surface area (Å²) in [6.45, 7) is 6.58. The first-order valence-electron chi connectivity index (χ1n) is 3.02. The third-order valence-corrected chi connectivity index (χ3v) is 2.35. The summed E-state index contributed by atoms with van der Waals surface area (Å²) in [5.41, 5.74) is 0.279. The fraction of sp³-hybridized carbons (Fsp3) is 0.571. The van der Waals surface area contributed by atoms with Gasteiger partial charge in [-0.05, 0) is 23.0 Å². The molecule has 50 valence electrons. The van der Waals surface area contributed by atoms with Crippen molar-refractivity contribution in [3.05, 3.63) is 17.1 Å². The smallest absolute Gasteiger partial charge is 0.0409 e. The van der Waals surface area contributed by atoms with Gasteiger partial charge in [-0.2, -0.15) is 0 Å². The van der Waals surface area contributed by atoms with Gasteiger partial charge < -0.3 is 0 Å². The molecule has 1 aromatic rings. The molecule has 0 aromatic carbocycles. The van der Waals surface area contributed by atoms with Gasteiger partial charge in [-0.1, -0.05) is 20.8 Å². The molecule has 0 saturated carbocycles. The fourth-order valence-electron chi connectivity index (χ4n) is 0.603. The molecule has 0 aliphatic rings. The molecule has 9 heavy (non-hydrogen) atoms. The predicted octanol–water partition coefficient (Wildman–Crippen LogP) is 2.44. The van der Waals surface area contributed by atoms with Crippen molar-refractivity contribution < 1.29 is 0 Å². The van der Waals surface area contributed by atoms with Gasteiger partial charge in [0.25, 0.3) is 0 Å². The summed E-state index contributed by atoms with van der Waals surface area (Å²) in [7, 11) is 0. The second-order valence-corrected chi connectivity index (χ2v) is 3.96. The molecule has 0 atom stereocenters. The highest BCUT2D eigenvalue weighted by atomic mass is 32.1. The molecule has 0 N–H and O–H groups in total. The highest BCUT2D eigenvalue weighted by Gasteiger charge is 2.14. The lowest BCUT2D eigenvalue weighted by Gasteiger charge is -2.13. The lowest BCUT2D eigenvalue weighted by atomic mass is 9.95. The minimum atomic E-state index is 0.279. The van der Waals surface area contributed by atoms with E-state index >= 15 is 0 Å². The molecule has 0 saturated heterocycles. The first-order valence-corrected chi connectivity index (χ1v) is 3.79. The van der Waals surface area contributed by atoms with Crippen LogP contribution >= 0.6 is 11.5 Å². The Labute approximate surface area is 59.9 Å². The Balaban J connectivity index is 2.90. The maximum atomic E-state index is 4.03. The van der Waals surface area contributed by atoms with Crippen LogP contribution in [0, 0.1) is 0 Å². The molecule has 0 amide bonds. The number of nitrogens with zero attached hydrogens (tertiary/aromatic N) is 1. The van der Waals surface area contributed by atoms with Gasteiger partial charge in [-0.25, -0.2) is 4.37 Å². The van der Waals surface area contributed by atoms with E-state index in [0.717, 1.165) is 0 Å². The molecule has 2 heteroatoms. The fourth-order valence-corrected chi connectivity index (χ4v) is 1.23. The quantitative estimate of drug-likeness (QED) is 0.540. The van der Waals surface area contributed by atoms with E-state index in [-0.39, 0.29) is 5.41 Å². The van der Waals surface area contributed by atoms with Gasteiger partial charge in [0.15, 0.2) is 0 Å². The lowest BCUT2D eigenvalue weighted by molar-refractivity contribution is 0.604. The Morgan fingerprint density at radius 1 is 1.44 bits per heavy atom. The number of hydrogen-bond donors (Lipinski definition) is 0. The highest BCUT2D eigenvalue weighted by molar-refractivity contribution is 7.05. The van der Waals surface area contributed by atoms with Crippen LogP contribution < -0.4 is 0 Å². The van der Waals surface area contributed by atoms with Crippen LogP contribution in [0.15, 0.2) is 12.3 Å². The average molecular weight is 141 g/mol. The van der Waals surface area contributed by atoms with Gasteiger partial charge in [0.1, 0.15) is 0 Å². The zero-order valence-electron chi connectivity index (χ0n) is 6.01. The van der Waals surface area contributed by atoms with E-state index in [1.807, 2.05) is 6.20 Å². The molecule has 1 heterocycles. The Morgan fingerprint density at radius 3 is 2.33 bits per heavy atom. The largest absolute Gasteiger partial charge is 0.201 e. The Kier molecular flexibility index (Phi) is 1.58. The average Bonchev–Trinajstić information content (AvgIpc) is 2.08. The van der Waals surface area contributed by atoms with Crippen LogP contribution in [0.2, 0.25) is 0 Å². The number of aromatic nitrogens is 1. The van der Waals surface area contributed by atoms with E-state index < -0.39 is 0 Å².